The Kier molecular flexibility index (Phi) is 6.25. The third-order valence-corrected chi connectivity index (χ3v) is 3.55. The zero-order valence-corrected chi connectivity index (χ0v) is 14.2. The van der Waals surface area contributed by atoms with Crippen molar-refractivity contribution in [2.45, 2.75) is 26.3 Å². The smallest absolute Gasteiger partial charge is 0.247 e. The molecule has 0 spiro atoms. The van der Waals surface area contributed by atoms with Gasteiger partial charge in [-0.05, 0) is 42.8 Å². The van der Waals surface area contributed by atoms with Gasteiger partial charge in [0.15, 0.2) is 6.04 Å². The maximum absolute atomic E-state index is 12.2. The molecule has 0 aliphatic carbocycles. The second-order valence-electron chi connectivity index (χ2n) is 5.04. The van der Waals surface area contributed by atoms with Gasteiger partial charge in [-0.1, -0.05) is 18.5 Å². The third-order valence-electron chi connectivity index (χ3n) is 3.30. The molecule has 1 aromatic carbocycles. The summed E-state index contributed by atoms with van der Waals surface area (Å²) in [7, 11) is 0. The maximum Gasteiger partial charge on any atom is 0.247 e. The summed E-state index contributed by atoms with van der Waals surface area (Å²) in [6, 6.07) is 6.38. The van der Waals surface area contributed by atoms with Crippen LogP contribution in [0.15, 0.2) is 24.3 Å². The Morgan fingerprint density at radius 3 is 2.54 bits per heavy atom. The predicted molar refractivity (Wildman–Crippen MR) is 89.3 cm³/mol. The summed E-state index contributed by atoms with van der Waals surface area (Å²) in [6.45, 7) is 4.08. The summed E-state index contributed by atoms with van der Waals surface area (Å²) in [5.74, 6) is -0.167. The van der Waals surface area contributed by atoms with Crippen molar-refractivity contribution < 1.29 is 9.59 Å². The number of benzene rings is 1. The van der Waals surface area contributed by atoms with Gasteiger partial charge in [0.2, 0.25) is 17.6 Å². The van der Waals surface area contributed by atoms with Gasteiger partial charge in [-0.25, -0.2) is 0 Å². The predicted octanol–water partition coefficient (Wildman–Crippen LogP) is 1.20. The van der Waals surface area contributed by atoms with E-state index in [0.717, 1.165) is 5.56 Å². The van der Waals surface area contributed by atoms with Crippen LogP contribution in [0, 0.1) is 0 Å². The zero-order valence-electron chi connectivity index (χ0n) is 13.5. The van der Waals surface area contributed by atoms with Crippen molar-refractivity contribution in [2.24, 2.45) is 0 Å². The van der Waals surface area contributed by atoms with Crippen LogP contribution in [-0.4, -0.2) is 45.1 Å². The molecule has 2 N–H and O–H groups in total. The van der Waals surface area contributed by atoms with Crippen LogP contribution in [0.25, 0.3) is 11.4 Å². The van der Waals surface area contributed by atoms with Gasteiger partial charge in [-0.2, -0.15) is 4.80 Å². The quantitative estimate of drug-likeness (QED) is 0.781. The molecule has 1 atom stereocenters. The lowest BCUT2D eigenvalue weighted by atomic mass is 10.2. The van der Waals surface area contributed by atoms with Crippen molar-refractivity contribution in [1.29, 1.82) is 0 Å². The van der Waals surface area contributed by atoms with Crippen LogP contribution in [0.2, 0.25) is 5.02 Å². The Bertz CT molecular complexity index is 700. The van der Waals surface area contributed by atoms with Crippen LogP contribution < -0.4 is 10.6 Å². The van der Waals surface area contributed by atoms with E-state index in [0.29, 0.717) is 23.8 Å². The topological polar surface area (TPSA) is 102 Å². The van der Waals surface area contributed by atoms with Gasteiger partial charge in [0.05, 0.1) is 6.54 Å². The number of halogens is 1. The van der Waals surface area contributed by atoms with Gasteiger partial charge in [-0.15, -0.1) is 10.2 Å². The van der Waals surface area contributed by atoms with E-state index in [-0.39, 0.29) is 18.4 Å². The van der Waals surface area contributed by atoms with Crippen molar-refractivity contribution in [3.05, 3.63) is 29.3 Å². The fraction of sp³-hybridized carbons (Fsp3) is 0.400. The van der Waals surface area contributed by atoms with Crippen LogP contribution in [0.1, 0.15) is 26.3 Å². The van der Waals surface area contributed by atoms with Gasteiger partial charge in [0.1, 0.15) is 0 Å². The number of amides is 2. The van der Waals surface area contributed by atoms with E-state index in [9.17, 15) is 9.59 Å². The van der Waals surface area contributed by atoms with E-state index in [1.807, 2.05) is 13.8 Å². The minimum absolute atomic E-state index is 0.0814. The van der Waals surface area contributed by atoms with Crippen molar-refractivity contribution in [1.82, 2.24) is 30.8 Å². The highest BCUT2D eigenvalue weighted by molar-refractivity contribution is 6.30. The Morgan fingerprint density at radius 1 is 1.21 bits per heavy atom. The second kappa shape index (κ2) is 8.39. The van der Waals surface area contributed by atoms with Crippen molar-refractivity contribution in [3.8, 4) is 11.4 Å². The first-order valence-electron chi connectivity index (χ1n) is 7.65. The summed E-state index contributed by atoms with van der Waals surface area (Å²) in [5, 5.41) is 18.0. The van der Waals surface area contributed by atoms with E-state index in [1.165, 1.54) is 4.80 Å². The lowest BCUT2D eigenvalue weighted by Crippen LogP contribution is -2.40. The molecule has 0 saturated heterocycles. The first-order chi connectivity index (χ1) is 11.5. The molecule has 0 aliphatic rings. The minimum atomic E-state index is -0.632. The minimum Gasteiger partial charge on any atom is -0.355 e. The van der Waals surface area contributed by atoms with Crippen molar-refractivity contribution >= 4 is 23.4 Å². The number of tetrazole rings is 1. The molecule has 0 fully saturated rings. The molecular formula is C15H19ClN6O2. The first kappa shape index (κ1) is 17.9. The Balaban J connectivity index is 2.06. The number of likely N-dealkylation sites (N-methyl/N-ethyl adjacent to an activating group) is 1. The average Bonchev–Trinajstić information content (AvgIpc) is 3.04. The molecule has 128 valence electrons. The van der Waals surface area contributed by atoms with Gasteiger partial charge in [0.25, 0.3) is 0 Å². The Labute approximate surface area is 144 Å². The SMILES string of the molecule is CCNC(=O)CNC(=O)[C@H](CC)n1nnc(-c2ccc(Cl)cc2)n1. The molecule has 0 unspecified atom stereocenters. The summed E-state index contributed by atoms with van der Waals surface area (Å²) >= 11 is 5.85. The highest BCUT2D eigenvalue weighted by Crippen LogP contribution is 2.18. The average molecular weight is 351 g/mol. The van der Waals surface area contributed by atoms with Crippen molar-refractivity contribution in [2.75, 3.05) is 13.1 Å². The lowest BCUT2D eigenvalue weighted by Gasteiger charge is -2.13. The van der Waals surface area contributed by atoms with Crippen LogP contribution in [0.4, 0.5) is 0 Å². The molecule has 2 rings (SSSR count). The number of rotatable bonds is 7. The Morgan fingerprint density at radius 2 is 1.92 bits per heavy atom. The lowest BCUT2D eigenvalue weighted by molar-refractivity contribution is -0.128. The molecule has 1 heterocycles. The molecule has 0 bridgehead atoms. The molecule has 8 nitrogen and oxygen atoms in total. The molecule has 0 radical (unpaired) electrons. The highest BCUT2D eigenvalue weighted by atomic mass is 35.5. The summed E-state index contributed by atoms with van der Waals surface area (Å²) in [5.41, 5.74) is 0.753. The fourth-order valence-corrected chi connectivity index (χ4v) is 2.20. The molecule has 0 aliphatic heterocycles. The number of nitrogens with one attached hydrogen (secondary N) is 2. The molecular weight excluding hydrogens is 332 g/mol. The van der Waals surface area contributed by atoms with E-state index in [1.54, 1.807) is 24.3 Å². The molecule has 9 heteroatoms. The van der Waals surface area contributed by atoms with Gasteiger partial charge in [0, 0.05) is 17.1 Å². The molecule has 0 saturated carbocycles. The standard InChI is InChI=1S/C15H19ClN6O2/c1-3-12(15(24)18-9-13(23)17-4-2)22-20-14(19-21-22)10-5-7-11(16)8-6-10/h5-8,12H,3-4,9H2,1-2H3,(H,17,23)(H,18,24)/t12-/m0/s1. The maximum atomic E-state index is 12.2. The molecule has 2 amide bonds. The van der Waals surface area contributed by atoms with E-state index in [4.69, 9.17) is 11.6 Å². The molecule has 1 aromatic heterocycles. The summed E-state index contributed by atoms with van der Waals surface area (Å²) in [4.78, 5) is 24.9. The monoisotopic (exact) mass is 350 g/mol. The second-order valence-corrected chi connectivity index (χ2v) is 5.47. The van der Waals surface area contributed by atoms with Gasteiger partial charge >= 0.3 is 0 Å². The van der Waals surface area contributed by atoms with E-state index in [2.05, 4.69) is 26.0 Å². The van der Waals surface area contributed by atoms with Crippen molar-refractivity contribution in [3.63, 3.8) is 0 Å². The first-order valence-corrected chi connectivity index (χ1v) is 8.02. The molecule has 24 heavy (non-hydrogen) atoms. The molecule has 2 aromatic rings. The van der Waals surface area contributed by atoms with Crippen LogP contribution in [0.5, 0.6) is 0 Å². The van der Waals surface area contributed by atoms with Crippen LogP contribution >= 0.6 is 11.6 Å². The van der Waals surface area contributed by atoms with Crippen LogP contribution in [0.3, 0.4) is 0 Å². The summed E-state index contributed by atoms with van der Waals surface area (Å²) < 4.78 is 0. The number of aromatic nitrogens is 4. The summed E-state index contributed by atoms with van der Waals surface area (Å²) in [6.07, 6.45) is 0.470. The van der Waals surface area contributed by atoms with Gasteiger partial charge < -0.3 is 10.6 Å². The van der Waals surface area contributed by atoms with E-state index >= 15 is 0 Å². The number of hydrogen-bond donors (Lipinski definition) is 2. The third kappa shape index (κ3) is 4.51. The number of carbonyl (C=O) groups excluding carboxylic acids is 2. The zero-order chi connectivity index (χ0) is 17.5. The normalized spacial score (nSPS) is 11.8. The largest absolute Gasteiger partial charge is 0.355 e. The highest BCUT2D eigenvalue weighted by Gasteiger charge is 2.22. The number of carbonyl (C=O) groups is 2. The van der Waals surface area contributed by atoms with Crippen LogP contribution in [-0.2, 0) is 9.59 Å². The van der Waals surface area contributed by atoms with E-state index < -0.39 is 6.04 Å². The number of nitrogens with zero attached hydrogens (tertiary/aromatic N) is 4. The fourth-order valence-electron chi connectivity index (χ4n) is 2.07. The van der Waals surface area contributed by atoms with Gasteiger partial charge in [-0.3, -0.25) is 9.59 Å². The number of hydrogen-bond acceptors (Lipinski definition) is 5. The Hall–Kier alpha value is -2.48.